The molecule has 1 aromatic carbocycles. The van der Waals surface area contributed by atoms with Crippen LogP contribution in [0.15, 0.2) is 24.3 Å². The highest BCUT2D eigenvalue weighted by molar-refractivity contribution is 7.91. The third-order valence-electron chi connectivity index (χ3n) is 3.57. The normalized spacial score (nSPS) is 20.0. The first kappa shape index (κ1) is 15.6. The minimum Gasteiger partial charge on any atom is -0.497 e. The van der Waals surface area contributed by atoms with Gasteiger partial charge in [0, 0.05) is 13.1 Å². The van der Waals surface area contributed by atoms with Gasteiger partial charge < -0.3 is 14.4 Å². The van der Waals surface area contributed by atoms with Gasteiger partial charge in [-0.2, -0.15) is 0 Å². The molecule has 1 aliphatic rings. The van der Waals surface area contributed by atoms with Crippen LogP contribution in [0.3, 0.4) is 0 Å². The van der Waals surface area contributed by atoms with Crippen molar-refractivity contribution in [1.29, 1.82) is 0 Å². The van der Waals surface area contributed by atoms with Crippen molar-refractivity contribution >= 4 is 15.7 Å². The quantitative estimate of drug-likeness (QED) is 0.801. The lowest BCUT2D eigenvalue weighted by Crippen LogP contribution is -2.40. The number of likely N-dealkylation sites (N-methyl/N-ethyl adjacent to an activating group) is 1. The topological polar surface area (TPSA) is 72.9 Å². The number of benzene rings is 1. The molecule has 1 fully saturated rings. The molecule has 1 aromatic rings. The second-order valence-corrected chi connectivity index (χ2v) is 7.25. The molecule has 0 N–H and O–H groups in total. The van der Waals surface area contributed by atoms with Crippen molar-refractivity contribution in [1.82, 2.24) is 4.90 Å². The van der Waals surface area contributed by atoms with Gasteiger partial charge in [0.05, 0.1) is 18.6 Å². The highest BCUT2D eigenvalue weighted by atomic mass is 32.2. The fraction of sp³-hybridized carbons (Fsp3) is 0.500. The molecule has 1 aliphatic heterocycles. The zero-order valence-electron chi connectivity index (χ0n) is 12.1. The van der Waals surface area contributed by atoms with Gasteiger partial charge in [-0.1, -0.05) is 0 Å². The Kier molecular flexibility index (Phi) is 4.72. The summed E-state index contributed by atoms with van der Waals surface area (Å²) in [6.07, 6.45) is 0.493. The molecule has 2 rings (SSSR count). The molecule has 7 heteroatoms. The van der Waals surface area contributed by atoms with Gasteiger partial charge in [0.1, 0.15) is 11.5 Å². The summed E-state index contributed by atoms with van der Waals surface area (Å²) in [5, 5.41) is 0. The number of hydrogen-bond donors (Lipinski definition) is 0. The first-order chi connectivity index (χ1) is 9.91. The van der Waals surface area contributed by atoms with Crippen LogP contribution in [0, 0.1) is 0 Å². The van der Waals surface area contributed by atoms with Crippen LogP contribution < -0.4 is 9.47 Å². The van der Waals surface area contributed by atoms with Crippen molar-refractivity contribution < 1.29 is 22.7 Å². The number of ether oxygens (including phenoxy) is 2. The standard InChI is InChI=1S/C14H19NO5S/c1-15(11-7-8-21(17,18)10-11)14(16)9-20-13-5-3-12(19-2)4-6-13/h3-6,11H,7-10H2,1-2H3/t11-/m0/s1. The van der Waals surface area contributed by atoms with Gasteiger partial charge in [-0.3, -0.25) is 4.79 Å². The second kappa shape index (κ2) is 6.34. The summed E-state index contributed by atoms with van der Waals surface area (Å²) in [6.45, 7) is -0.112. The predicted octanol–water partition coefficient (Wildman–Crippen LogP) is 0.720. The van der Waals surface area contributed by atoms with Gasteiger partial charge in [0.25, 0.3) is 5.91 Å². The molecule has 0 radical (unpaired) electrons. The number of methoxy groups -OCH3 is 1. The number of rotatable bonds is 5. The van der Waals surface area contributed by atoms with Crippen LogP contribution in [0.5, 0.6) is 11.5 Å². The number of amides is 1. The molecule has 21 heavy (non-hydrogen) atoms. The van der Waals surface area contributed by atoms with Crippen LogP contribution in [0.2, 0.25) is 0 Å². The summed E-state index contributed by atoms with van der Waals surface area (Å²) in [5.74, 6) is 1.23. The summed E-state index contributed by atoms with van der Waals surface area (Å²) in [4.78, 5) is 13.5. The maximum Gasteiger partial charge on any atom is 0.260 e. The van der Waals surface area contributed by atoms with Crippen LogP contribution in [-0.2, 0) is 14.6 Å². The molecule has 0 aromatic heterocycles. The first-order valence-electron chi connectivity index (χ1n) is 6.64. The van der Waals surface area contributed by atoms with E-state index >= 15 is 0 Å². The molecule has 1 saturated heterocycles. The molecule has 1 heterocycles. The van der Waals surface area contributed by atoms with E-state index in [1.165, 1.54) is 4.90 Å². The Balaban J connectivity index is 1.86. The molecule has 0 aliphatic carbocycles. The van der Waals surface area contributed by atoms with Gasteiger partial charge in [-0.05, 0) is 30.7 Å². The monoisotopic (exact) mass is 313 g/mol. The molecule has 0 bridgehead atoms. The Morgan fingerprint density at radius 3 is 2.43 bits per heavy atom. The van der Waals surface area contributed by atoms with Crippen molar-refractivity contribution in [3.8, 4) is 11.5 Å². The van der Waals surface area contributed by atoms with Crippen LogP contribution in [0.4, 0.5) is 0 Å². The molecule has 0 unspecified atom stereocenters. The summed E-state index contributed by atoms with van der Waals surface area (Å²) in [5.41, 5.74) is 0. The summed E-state index contributed by atoms with van der Waals surface area (Å²) in [7, 11) is 0.192. The van der Waals surface area contributed by atoms with Crippen molar-refractivity contribution in [2.24, 2.45) is 0 Å². The van der Waals surface area contributed by atoms with E-state index in [0.29, 0.717) is 17.9 Å². The number of hydrogen-bond acceptors (Lipinski definition) is 5. The average Bonchev–Trinajstić information content (AvgIpc) is 2.84. The van der Waals surface area contributed by atoms with E-state index in [2.05, 4.69) is 0 Å². The van der Waals surface area contributed by atoms with E-state index in [-0.39, 0.29) is 30.1 Å². The number of nitrogens with zero attached hydrogens (tertiary/aromatic N) is 1. The number of carbonyl (C=O) groups is 1. The molecular weight excluding hydrogens is 294 g/mol. The highest BCUT2D eigenvalue weighted by Gasteiger charge is 2.32. The van der Waals surface area contributed by atoms with E-state index in [4.69, 9.17) is 9.47 Å². The van der Waals surface area contributed by atoms with E-state index in [9.17, 15) is 13.2 Å². The lowest BCUT2D eigenvalue weighted by atomic mass is 10.2. The van der Waals surface area contributed by atoms with Crippen LogP contribution >= 0.6 is 0 Å². The minimum atomic E-state index is -3.00. The van der Waals surface area contributed by atoms with Crippen LogP contribution in [0.1, 0.15) is 6.42 Å². The largest absolute Gasteiger partial charge is 0.497 e. The maximum atomic E-state index is 12.0. The zero-order valence-corrected chi connectivity index (χ0v) is 12.9. The highest BCUT2D eigenvalue weighted by Crippen LogP contribution is 2.18. The summed E-state index contributed by atoms with van der Waals surface area (Å²) >= 11 is 0. The third kappa shape index (κ3) is 4.10. The lowest BCUT2D eigenvalue weighted by Gasteiger charge is -2.23. The molecule has 0 spiro atoms. The third-order valence-corrected chi connectivity index (χ3v) is 5.32. The molecule has 116 valence electrons. The zero-order chi connectivity index (χ0) is 15.5. The van der Waals surface area contributed by atoms with Crippen LogP contribution in [0.25, 0.3) is 0 Å². The average molecular weight is 313 g/mol. The molecule has 6 nitrogen and oxygen atoms in total. The van der Waals surface area contributed by atoms with Gasteiger partial charge in [-0.15, -0.1) is 0 Å². The first-order valence-corrected chi connectivity index (χ1v) is 8.46. The van der Waals surface area contributed by atoms with E-state index in [1.54, 1.807) is 38.4 Å². The summed E-state index contributed by atoms with van der Waals surface area (Å²) < 4.78 is 33.3. The van der Waals surface area contributed by atoms with Crippen molar-refractivity contribution in [3.05, 3.63) is 24.3 Å². The molecular formula is C14H19NO5S. The van der Waals surface area contributed by atoms with E-state index in [0.717, 1.165) is 0 Å². The fourth-order valence-electron chi connectivity index (χ4n) is 2.20. The van der Waals surface area contributed by atoms with E-state index < -0.39 is 9.84 Å². The molecule has 0 saturated carbocycles. The number of sulfone groups is 1. The van der Waals surface area contributed by atoms with E-state index in [1.807, 2.05) is 0 Å². The molecule has 1 atom stereocenters. The van der Waals surface area contributed by atoms with Crippen LogP contribution in [-0.4, -0.2) is 57.5 Å². The van der Waals surface area contributed by atoms with Gasteiger partial charge >= 0.3 is 0 Å². The Bertz CT molecular complexity index is 596. The SMILES string of the molecule is COc1ccc(OCC(=O)N(C)[C@H]2CCS(=O)(=O)C2)cc1. The maximum absolute atomic E-state index is 12.0. The van der Waals surface area contributed by atoms with Gasteiger partial charge in [-0.25, -0.2) is 8.42 Å². The Morgan fingerprint density at radius 1 is 1.29 bits per heavy atom. The Morgan fingerprint density at radius 2 is 1.90 bits per heavy atom. The Labute approximate surface area is 124 Å². The molecule has 1 amide bonds. The smallest absolute Gasteiger partial charge is 0.260 e. The van der Waals surface area contributed by atoms with Gasteiger partial charge in [0.15, 0.2) is 16.4 Å². The van der Waals surface area contributed by atoms with Gasteiger partial charge in [0.2, 0.25) is 0 Å². The Hall–Kier alpha value is -1.76. The second-order valence-electron chi connectivity index (χ2n) is 5.03. The van der Waals surface area contributed by atoms with Crippen molar-refractivity contribution in [2.45, 2.75) is 12.5 Å². The van der Waals surface area contributed by atoms with Crippen molar-refractivity contribution in [3.63, 3.8) is 0 Å². The minimum absolute atomic E-state index is 0.0395. The number of carbonyl (C=O) groups excluding carboxylic acids is 1. The fourth-order valence-corrected chi connectivity index (χ4v) is 3.98. The van der Waals surface area contributed by atoms with Crippen molar-refractivity contribution in [2.75, 3.05) is 32.3 Å². The predicted molar refractivity (Wildman–Crippen MR) is 78.3 cm³/mol. The summed E-state index contributed by atoms with van der Waals surface area (Å²) in [6, 6.07) is 6.67. The lowest BCUT2D eigenvalue weighted by molar-refractivity contribution is -0.133.